The molecule has 20 heavy (non-hydrogen) atoms. The van der Waals surface area contributed by atoms with E-state index in [1.54, 1.807) is 11.3 Å². The van der Waals surface area contributed by atoms with E-state index in [0.29, 0.717) is 0 Å². The van der Waals surface area contributed by atoms with Crippen LogP contribution in [0.2, 0.25) is 0 Å². The summed E-state index contributed by atoms with van der Waals surface area (Å²) in [6.45, 7) is 2.18. The van der Waals surface area contributed by atoms with Crippen molar-refractivity contribution in [2.75, 3.05) is 5.32 Å². The van der Waals surface area contributed by atoms with Gasteiger partial charge in [0.15, 0.2) is 0 Å². The third-order valence-corrected chi connectivity index (χ3v) is 6.05. The lowest BCUT2D eigenvalue weighted by atomic mass is 10.2. The first-order chi connectivity index (χ1) is 9.83. The van der Waals surface area contributed by atoms with Crippen molar-refractivity contribution in [3.63, 3.8) is 0 Å². The van der Waals surface area contributed by atoms with Gasteiger partial charge in [-0.25, -0.2) is 4.98 Å². The van der Waals surface area contributed by atoms with E-state index in [0.717, 1.165) is 10.3 Å². The van der Waals surface area contributed by atoms with Crippen LogP contribution in [-0.2, 0) is 0 Å². The van der Waals surface area contributed by atoms with Gasteiger partial charge in [0.1, 0.15) is 5.01 Å². The maximum absolute atomic E-state index is 4.39. The van der Waals surface area contributed by atoms with Crippen LogP contribution in [0, 0.1) is 0 Å². The number of thioether (sulfide) groups is 1. The number of benzene rings is 1. The Bertz CT molecular complexity index is 533. The lowest BCUT2D eigenvalue weighted by Crippen LogP contribution is -2.07. The molecule has 1 aromatic heterocycles. The molecule has 1 fully saturated rings. The molecule has 3 rings (SSSR count). The first kappa shape index (κ1) is 14.0. The van der Waals surface area contributed by atoms with Crippen LogP contribution in [0.15, 0.2) is 40.7 Å². The molecule has 1 aliphatic carbocycles. The molecule has 0 radical (unpaired) electrons. The summed E-state index contributed by atoms with van der Waals surface area (Å²) in [5, 5.41) is 7.59. The topological polar surface area (TPSA) is 24.9 Å². The van der Waals surface area contributed by atoms with Gasteiger partial charge in [-0.15, -0.1) is 23.1 Å². The van der Waals surface area contributed by atoms with Crippen molar-refractivity contribution >= 4 is 28.8 Å². The highest BCUT2D eigenvalue weighted by atomic mass is 32.2. The third-order valence-electron chi connectivity index (χ3n) is 3.68. The number of rotatable bonds is 5. The van der Waals surface area contributed by atoms with Crippen LogP contribution in [0.1, 0.15) is 43.7 Å². The first-order valence-electron chi connectivity index (χ1n) is 7.24. The van der Waals surface area contributed by atoms with Crippen molar-refractivity contribution in [3.05, 3.63) is 40.8 Å². The lowest BCUT2D eigenvalue weighted by molar-refractivity contribution is 0.863. The van der Waals surface area contributed by atoms with E-state index < -0.39 is 0 Å². The van der Waals surface area contributed by atoms with Gasteiger partial charge in [-0.3, -0.25) is 0 Å². The Kier molecular flexibility index (Phi) is 4.63. The average molecular weight is 304 g/mol. The second-order valence-corrected chi connectivity index (χ2v) is 7.53. The second-order valence-electron chi connectivity index (χ2n) is 5.26. The standard InChI is InChI=1S/C16H20N2S2/c1-12(16-17-10-11-19-16)18-14-8-4-5-9-15(14)20-13-6-2-3-7-13/h4-5,8-13,18H,2-3,6-7H2,1H3. The molecule has 1 heterocycles. The van der Waals surface area contributed by atoms with Gasteiger partial charge in [0.2, 0.25) is 0 Å². The van der Waals surface area contributed by atoms with Crippen LogP contribution < -0.4 is 5.32 Å². The Morgan fingerprint density at radius 1 is 1.30 bits per heavy atom. The minimum atomic E-state index is 0.264. The van der Waals surface area contributed by atoms with E-state index in [2.05, 4.69) is 41.5 Å². The summed E-state index contributed by atoms with van der Waals surface area (Å²) in [7, 11) is 0. The molecule has 1 atom stereocenters. The zero-order valence-corrected chi connectivity index (χ0v) is 13.3. The second kappa shape index (κ2) is 6.64. The SMILES string of the molecule is CC(Nc1ccccc1SC1CCCC1)c1nccs1. The maximum atomic E-state index is 4.39. The fraction of sp³-hybridized carbons (Fsp3) is 0.438. The Morgan fingerprint density at radius 3 is 2.85 bits per heavy atom. The van der Waals surface area contributed by atoms with Crippen molar-refractivity contribution in [2.24, 2.45) is 0 Å². The molecule has 1 saturated carbocycles. The average Bonchev–Trinajstić information content (AvgIpc) is 3.13. The Balaban J connectivity index is 1.72. The molecule has 4 heteroatoms. The van der Waals surface area contributed by atoms with E-state index in [-0.39, 0.29) is 6.04 Å². The van der Waals surface area contributed by atoms with Gasteiger partial charge in [0.25, 0.3) is 0 Å². The minimum absolute atomic E-state index is 0.264. The molecule has 1 N–H and O–H groups in total. The van der Waals surface area contributed by atoms with Crippen LogP contribution in [-0.4, -0.2) is 10.2 Å². The van der Waals surface area contributed by atoms with Crippen molar-refractivity contribution in [1.82, 2.24) is 4.98 Å². The van der Waals surface area contributed by atoms with E-state index in [9.17, 15) is 0 Å². The number of nitrogens with zero attached hydrogens (tertiary/aromatic N) is 1. The first-order valence-corrected chi connectivity index (χ1v) is 9.00. The van der Waals surface area contributed by atoms with Crippen LogP contribution in [0.25, 0.3) is 0 Å². The zero-order valence-electron chi connectivity index (χ0n) is 11.7. The smallest absolute Gasteiger partial charge is 0.115 e. The summed E-state index contributed by atoms with van der Waals surface area (Å²) in [5.74, 6) is 0. The molecule has 2 aromatic rings. The molecule has 0 amide bonds. The Labute approximate surface area is 129 Å². The van der Waals surface area contributed by atoms with Gasteiger partial charge in [-0.05, 0) is 31.9 Å². The molecule has 106 valence electrons. The summed E-state index contributed by atoms with van der Waals surface area (Å²) in [6, 6.07) is 8.92. The van der Waals surface area contributed by atoms with Crippen molar-refractivity contribution < 1.29 is 0 Å². The highest BCUT2D eigenvalue weighted by Crippen LogP contribution is 2.38. The van der Waals surface area contributed by atoms with Gasteiger partial charge in [0.05, 0.1) is 6.04 Å². The van der Waals surface area contributed by atoms with Crippen molar-refractivity contribution in [3.8, 4) is 0 Å². The van der Waals surface area contributed by atoms with E-state index in [4.69, 9.17) is 0 Å². The lowest BCUT2D eigenvalue weighted by Gasteiger charge is -2.18. The zero-order chi connectivity index (χ0) is 13.8. The predicted octanol–water partition coefficient (Wildman–Crippen LogP) is 5.35. The monoisotopic (exact) mass is 304 g/mol. The number of hydrogen-bond donors (Lipinski definition) is 1. The number of anilines is 1. The molecule has 0 spiro atoms. The molecule has 0 aliphatic heterocycles. The van der Waals surface area contributed by atoms with Gasteiger partial charge in [-0.1, -0.05) is 25.0 Å². The normalized spacial score (nSPS) is 17.2. The Hall–Kier alpha value is -1.00. The number of hydrogen-bond acceptors (Lipinski definition) is 4. The van der Waals surface area contributed by atoms with E-state index in [1.807, 2.05) is 23.3 Å². The molecular formula is C16H20N2S2. The van der Waals surface area contributed by atoms with Crippen LogP contribution in [0.3, 0.4) is 0 Å². The molecule has 1 aromatic carbocycles. The van der Waals surface area contributed by atoms with E-state index in [1.165, 1.54) is 36.3 Å². The largest absolute Gasteiger partial charge is 0.375 e. The van der Waals surface area contributed by atoms with Gasteiger partial charge in [0, 0.05) is 27.4 Å². The molecule has 0 bridgehead atoms. The molecule has 1 unspecified atom stereocenters. The van der Waals surface area contributed by atoms with Gasteiger partial charge < -0.3 is 5.32 Å². The molecule has 2 nitrogen and oxygen atoms in total. The fourth-order valence-corrected chi connectivity index (χ4v) is 4.60. The van der Waals surface area contributed by atoms with Crippen molar-refractivity contribution in [2.45, 2.75) is 48.8 Å². The van der Waals surface area contributed by atoms with Gasteiger partial charge in [-0.2, -0.15) is 0 Å². The fourth-order valence-electron chi connectivity index (χ4n) is 2.62. The Morgan fingerprint density at radius 2 is 2.10 bits per heavy atom. The number of aromatic nitrogens is 1. The number of thiazole rings is 1. The summed E-state index contributed by atoms with van der Waals surface area (Å²) in [6.07, 6.45) is 7.38. The quantitative estimate of drug-likeness (QED) is 0.806. The molecule has 1 aliphatic rings. The summed E-state index contributed by atoms with van der Waals surface area (Å²) in [4.78, 5) is 5.77. The van der Waals surface area contributed by atoms with Crippen LogP contribution in [0.4, 0.5) is 5.69 Å². The molecule has 0 saturated heterocycles. The summed E-state index contributed by atoms with van der Waals surface area (Å²) < 4.78 is 0. The van der Waals surface area contributed by atoms with Crippen LogP contribution >= 0.6 is 23.1 Å². The minimum Gasteiger partial charge on any atom is -0.375 e. The summed E-state index contributed by atoms with van der Waals surface area (Å²) in [5.41, 5.74) is 1.24. The predicted molar refractivity (Wildman–Crippen MR) is 88.7 cm³/mol. The number of para-hydroxylation sites is 1. The number of nitrogens with one attached hydrogen (secondary N) is 1. The van der Waals surface area contributed by atoms with Gasteiger partial charge >= 0.3 is 0 Å². The van der Waals surface area contributed by atoms with E-state index >= 15 is 0 Å². The van der Waals surface area contributed by atoms with Crippen LogP contribution in [0.5, 0.6) is 0 Å². The maximum Gasteiger partial charge on any atom is 0.115 e. The highest BCUT2D eigenvalue weighted by Gasteiger charge is 2.18. The van der Waals surface area contributed by atoms with Crippen molar-refractivity contribution in [1.29, 1.82) is 0 Å². The molecular weight excluding hydrogens is 284 g/mol. The summed E-state index contributed by atoms with van der Waals surface area (Å²) >= 11 is 3.75. The third kappa shape index (κ3) is 3.36. The highest BCUT2D eigenvalue weighted by molar-refractivity contribution is 8.00.